The number of rotatable bonds is 8. The molecule has 0 aliphatic rings. The van der Waals surface area contributed by atoms with Gasteiger partial charge in [0.2, 0.25) is 0 Å². The van der Waals surface area contributed by atoms with Crippen LogP contribution in [0, 0.1) is 0 Å². The Bertz CT molecular complexity index is 793. The molecule has 0 saturated heterocycles. The number of hydrogen-bond acceptors (Lipinski definition) is 4. The molecule has 26 heavy (non-hydrogen) atoms. The summed E-state index contributed by atoms with van der Waals surface area (Å²) in [6.45, 7) is 2.34. The SMILES string of the molecule is CCOc1ccc([C@H](CC(=O)O)NC(=O)c2ccccc2Br)cc1OC. The molecule has 1 amide bonds. The number of amides is 1. The lowest BCUT2D eigenvalue weighted by molar-refractivity contribution is -0.137. The summed E-state index contributed by atoms with van der Waals surface area (Å²) in [7, 11) is 1.51. The van der Waals surface area contributed by atoms with Crippen molar-refractivity contribution in [1.82, 2.24) is 5.32 Å². The summed E-state index contributed by atoms with van der Waals surface area (Å²) in [5, 5.41) is 12.0. The van der Waals surface area contributed by atoms with E-state index >= 15 is 0 Å². The highest BCUT2D eigenvalue weighted by molar-refractivity contribution is 9.10. The van der Waals surface area contributed by atoms with E-state index in [-0.39, 0.29) is 12.3 Å². The molecule has 0 saturated carbocycles. The molecule has 6 nitrogen and oxygen atoms in total. The van der Waals surface area contributed by atoms with Crippen molar-refractivity contribution in [2.24, 2.45) is 0 Å². The van der Waals surface area contributed by atoms with E-state index in [1.54, 1.807) is 42.5 Å². The van der Waals surface area contributed by atoms with Gasteiger partial charge in [0, 0.05) is 4.47 Å². The van der Waals surface area contributed by atoms with Crippen LogP contribution < -0.4 is 14.8 Å². The van der Waals surface area contributed by atoms with Crippen LogP contribution >= 0.6 is 15.9 Å². The Morgan fingerprint density at radius 1 is 1.19 bits per heavy atom. The van der Waals surface area contributed by atoms with Crippen LogP contribution in [0.4, 0.5) is 0 Å². The Labute approximate surface area is 160 Å². The lowest BCUT2D eigenvalue weighted by Crippen LogP contribution is -2.30. The van der Waals surface area contributed by atoms with Crippen LogP contribution in [-0.2, 0) is 4.79 Å². The molecule has 138 valence electrons. The zero-order valence-electron chi connectivity index (χ0n) is 14.5. The molecule has 0 bridgehead atoms. The largest absolute Gasteiger partial charge is 0.493 e. The summed E-state index contributed by atoms with van der Waals surface area (Å²) in [4.78, 5) is 23.8. The van der Waals surface area contributed by atoms with Gasteiger partial charge < -0.3 is 19.9 Å². The van der Waals surface area contributed by atoms with Crippen molar-refractivity contribution in [2.75, 3.05) is 13.7 Å². The van der Waals surface area contributed by atoms with Gasteiger partial charge in [0.15, 0.2) is 11.5 Å². The average Bonchev–Trinajstić information content (AvgIpc) is 2.61. The number of carbonyl (C=O) groups excluding carboxylic acids is 1. The van der Waals surface area contributed by atoms with Gasteiger partial charge in [-0.3, -0.25) is 9.59 Å². The second kappa shape index (κ2) is 9.24. The minimum atomic E-state index is -1.02. The van der Waals surface area contributed by atoms with E-state index in [0.717, 1.165) is 0 Å². The van der Waals surface area contributed by atoms with E-state index in [1.165, 1.54) is 7.11 Å². The van der Waals surface area contributed by atoms with Crippen LogP contribution in [0.1, 0.15) is 35.3 Å². The van der Waals surface area contributed by atoms with Gasteiger partial charge >= 0.3 is 5.97 Å². The molecular formula is C19H20BrNO5. The van der Waals surface area contributed by atoms with Gasteiger partial charge in [0.25, 0.3) is 5.91 Å². The van der Waals surface area contributed by atoms with E-state index in [1.807, 2.05) is 6.92 Å². The Hall–Kier alpha value is -2.54. The fraction of sp³-hybridized carbons (Fsp3) is 0.263. The number of carbonyl (C=O) groups is 2. The van der Waals surface area contributed by atoms with Crippen molar-refractivity contribution in [3.05, 3.63) is 58.1 Å². The first-order chi connectivity index (χ1) is 12.5. The number of benzene rings is 2. The summed E-state index contributed by atoms with van der Waals surface area (Å²) >= 11 is 3.33. The topological polar surface area (TPSA) is 84.9 Å². The third kappa shape index (κ3) is 4.98. The van der Waals surface area contributed by atoms with Crippen LogP contribution in [0.25, 0.3) is 0 Å². The molecular weight excluding hydrogens is 402 g/mol. The van der Waals surface area contributed by atoms with Gasteiger partial charge in [-0.05, 0) is 52.7 Å². The maximum absolute atomic E-state index is 12.6. The van der Waals surface area contributed by atoms with Crippen molar-refractivity contribution in [2.45, 2.75) is 19.4 Å². The molecule has 7 heteroatoms. The molecule has 2 rings (SSSR count). The van der Waals surface area contributed by atoms with E-state index in [9.17, 15) is 14.7 Å². The zero-order chi connectivity index (χ0) is 19.1. The number of carboxylic acids is 1. The van der Waals surface area contributed by atoms with E-state index in [2.05, 4.69) is 21.2 Å². The van der Waals surface area contributed by atoms with Crippen molar-refractivity contribution in [3.63, 3.8) is 0 Å². The normalized spacial score (nSPS) is 11.5. The van der Waals surface area contributed by atoms with Crippen molar-refractivity contribution in [1.29, 1.82) is 0 Å². The molecule has 2 N–H and O–H groups in total. The number of methoxy groups -OCH3 is 1. The van der Waals surface area contributed by atoms with Crippen molar-refractivity contribution in [3.8, 4) is 11.5 Å². The number of aliphatic carboxylic acids is 1. The van der Waals surface area contributed by atoms with Crippen LogP contribution in [-0.4, -0.2) is 30.7 Å². The van der Waals surface area contributed by atoms with E-state index in [4.69, 9.17) is 9.47 Å². The maximum atomic E-state index is 12.6. The predicted molar refractivity (Wildman–Crippen MR) is 101 cm³/mol. The molecule has 0 radical (unpaired) electrons. The maximum Gasteiger partial charge on any atom is 0.305 e. The minimum Gasteiger partial charge on any atom is -0.493 e. The highest BCUT2D eigenvalue weighted by Crippen LogP contribution is 2.31. The Morgan fingerprint density at radius 3 is 2.54 bits per heavy atom. The summed E-state index contributed by atoms with van der Waals surface area (Å²) in [5.74, 6) is -0.341. The predicted octanol–water partition coefficient (Wildman–Crippen LogP) is 3.80. The van der Waals surface area contributed by atoms with Gasteiger partial charge in [0.1, 0.15) is 0 Å². The highest BCUT2D eigenvalue weighted by Gasteiger charge is 2.21. The van der Waals surface area contributed by atoms with Gasteiger partial charge in [-0.25, -0.2) is 0 Å². The molecule has 1 atom stereocenters. The fourth-order valence-electron chi connectivity index (χ4n) is 2.48. The number of ether oxygens (including phenoxy) is 2. The second-order valence-electron chi connectivity index (χ2n) is 5.45. The molecule has 0 aliphatic heterocycles. The van der Waals surface area contributed by atoms with Crippen LogP contribution in [0.3, 0.4) is 0 Å². The van der Waals surface area contributed by atoms with E-state index in [0.29, 0.717) is 33.7 Å². The quantitative estimate of drug-likeness (QED) is 0.676. The Balaban J connectivity index is 2.31. The monoisotopic (exact) mass is 421 g/mol. The molecule has 0 aromatic heterocycles. The van der Waals surface area contributed by atoms with E-state index < -0.39 is 12.0 Å². The first-order valence-corrected chi connectivity index (χ1v) is 8.83. The first-order valence-electron chi connectivity index (χ1n) is 8.04. The van der Waals surface area contributed by atoms with Gasteiger partial charge in [0.05, 0.1) is 31.7 Å². The first kappa shape index (κ1) is 19.8. The summed E-state index contributed by atoms with van der Waals surface area (Å²) in [5.41, 5.74) is 1.05. The lowest BCUT2D eigenvalue weighted by Gasteiger charge is -2.19. The molecule has 0 unspecified atom stereocenters. The molecule has 0 spiro atoms. The van der Waals surface area contributed by atoms with Crippen LogP contribution in [0.5, 0.6) is 11.5 Å². The Morgan fingerprint density at radius 2 is 1.92 bits per heavy atom. The lowest BCUT2D eigenvalue weighted by atomic mass is 10.0. The van der Waals surface area contributed by atoms with Crippen molar-refractivity contribution < 1.29 is 24.2 Å². The van der Waals surface area contributed by atoms with Crippen LogP contribution in [0.2, 0.25) is 0 Å². The summed E-state index contributed by atoms with van der Waals surface area (Å²) in [6, 6.07) is 11.4. The summed E-state index contributed by atoms with van der Waals surface area (Å²) in [6.07, 6.45) is -0.257. The zero-order valence-corrected chi connectivity index (χ0v) is 16.1. The Kier molecular flexibility index (Phi) is 7.03. The number of carboxylic acid groups (broad SMARTS) is 1. The summed E-state index contributed by atoms with van der Waals surface area (Å²) < 4.78 is 11.4. The van der Waals surface area contributed by atoms with Crippen molar-refractivity contribution >= 4 is 27.8 Å². The third-order valence-electron chi connectivity index (χ3n) is 3.69. The molecule has 2 aromatic rings. The molecule has 0 aliphatic carbocycles. The highest BCUT2D eigenvalue weighted by atomic mass is 79.9. The molecule has 0 fully saturated rings. The minimum absolute atomic E-state index is 0.257. The van der Waals surface area contributed by atoms with Gasteiger partial charge in [-0.2, -0.15) is 0 Å². The number of halogens is 1. The third-order valence-corrected chi connectivity index (χ3v) is 4.38. The number of hydrogen-bond donors (Lipinski definition) is 2. The van der Waals surface area contributed by atoms with Gasteiger partial charge in [-0.15, -0.1) is 0 Å². The number of nitrogens with one attached hydrogen (secondary N) is 1. The van der Waals surface area contributed by atoms with Gasteiger partial charge in [-0.1, -0.05) is 18.2 Å². The fourth-order valence-corrected chi connectivity index (χ4v) is 2.95. The van der Waals surface area contributed by atoms with Crippen LogP contribution in [0.15, 0.2) is 46.9 Å². The smallest absolute Gasteiger partial charge is 0.305 e. The average molecular weight is 422 g/mol. The standard InChI is InChI=1S/C19H20BrNO5/c1-3-26-16-9-8-12(10-17(16)25-2)15(11-18(22)23)21-19(24)13-6-4-5-7-14(13)20/h4-10,15H,3,11H2,1-2H3,(H,21,24)(H,22,23)/t15-/m0/s1. The molecule has 0 heterocycles. The second-order valence-corrected chi connectivity index (χ2v) is 6.30. The molecule has 2 aromatic carbocycles.